The number of aliphatic hydroxyl groups is 1. The molecule has 5 rings (SSSR count). The highest BCUT2D eigenvalue weighted by Crippen LogP contribution is 2.35. The number of amides is 1. The van der Waals surface area contributed by atoms with Gasteiger partial charge in [0.15, 0.2) is 0 Å². The first-order valence-corrected chi connectivity index (χ1v) is 11.3. The zero-order valence-corrected chi connectivity index (χ0v) is 18.0. The van der Waals surface area contributed by atoms with Crippen molar-refractivity contribution in [3.05, 3.63) is 63.3 Å². The molecule has 2 aromatic rings. The molecule has 7 heteroatoms. The molecule has 7 nitrogen and oxygen atoms in total. The number of pyridine rings is 2. The van der Waals surface area contributed by atoms with E-state index in [4.69, 9.17) is 0 Å². The molecular weight excluding hydrogens is 392 g/mol. The molecule has 5 heterocycles. The van der Waals surface area contributed by atoms with Crippen LogP contribution in [0.15, 0.2) is 35.3 Å². The van der Waals surface area contributed by atoms with E-state index in [0.29, 0.717) is 45.1 Å². The minimum atomic E-state index is -0.280. The van der Waals surface area contributed by atoms with Crippen molar-refractivity contribution in [3.8, 4) is 0 Å². The van der Waals surface area contributed by atoms with Gasteiger partial charge in [-0.3, -0.25) is 19.5 Å². The van der Waals surface area contributed by atoms with Crippen LogP contribution < -0.4 is 5.56 Å². The van der Waals surface area contributed by atoms with Gasteiger partial charge in [0, 0.05) is 62.6 Å². The maximum Gasteiger partial charge on any atom is 0.255 e. The third-order valence-electron chi connectivity index (χ3n) is 7.11. The minimum Gasteiger partial charge on any atom is -0.392 e. The van der Waals surface area contributed by atoms with E-state index in [1.54, 1.807) is 6.20 Å². The summed E-state index contributed by atoms with van der Waals surface area (Å²) in [4.78, 5) is 34.7. The molecule has 2 aromatic heterocycles. The predicted octanol–water partition coefficient (Wildman–Crippen LogP) is 1.31. The lowest BCUT2D eigenvalue weighted by atomic mass is 9.82. The van der Waals surface area contributed by atoms with Gasteiger partial charge in [0.05, 0.1) is 18.2 Å². The van der Waals surface area contributed by atoms with Crippen molar-refractivity contribution in [1.29, 1.82) is 0 Å². The van der Waals surface area contributed by atoms with Crippen molar-refractivity contribution in [1.82, 2.24) is 19.4 Å². The lowest BCUT2D eigenvalue weighted by molar-refractivity contribution is -0.133. The Kier molecular flexibility index (Phi) is 5.40. The van der Waals surface area contributed by atoms with Crippen LogP contribution in [0.5, 0.6) is 0 Å². The Morgan fingerprint density at radius 1 is 1.19 bits per heavy atom. The van der Waals surface area contributed by atoms with Crippen LogP contribution in [0.4, 0.5) is 0 Å². The third-order valence-corrected chi connectivity index (χ3v) is 7.11. The van der Waals surface area contributed by atoms with Crippen LogP contribution in [0, 0.1) is 12.8 Å². The Labute approximate surface area is 182 Å². The zero-order valence-electron chi connectivity index (χ0n) is 18.0. The summed E-state index contributed by atoms with van der Waals surface area (Å²) in [6.45, 7) is 6.10. The lowest BCUT2D eigenvalue weighted by Gasteiger charge is -2.43. The van der Waals surface area contributed by atoms with E-state index in [9.17, 15) is 14.7 Å². The number of nitrogens with zero attached hydrogens (tertiary/aromatic N) is 4. The number of β-amino-alcohol motifs (C(OH)–C–C–N with tert-alkyl or cyclic N) is 1. The van der Waals surface area contributed by atoms with Gasteiger partial charge < -0.3 is 14.6 Å². The van der Waals surface area contributed by atoms with Crippen LogP contribution in [0.2, 0.25) is 0 Å². The summed E-state index contributed by atoms with van der Waals surface area (Å²) in [6.07, 6.45) is 3.60. The molecule has 164 valence electrons. The summed E-state index contributed by atoms with van der Waals surface area (Å²) in [5, 5.41) is 9.76. The van der Waals surface area contributed by atoms with E-state index in [1.807, 2.05) is 34.6 Å². The highest BCUT2D eigenvalue weighted by atomic mass is 16.3. The first kappa shape index (κ1) is 20.4. The molecule has 1 N–H and O–H groups in total. The van der Waals surface area contributed by atoms with Crippen LogP contribution in [0.3, 0.4) is 0 Å². The minimum absolute atomic E-state index is 0.0949. The normalized spacial score (nSPS) is 25.5. The van der Waals surface area contributed by atoms with Crippen LogP contribution >= 0.6 is 0 Å². The highest BCUT2D eigenvalue weighted by Gasteiger charge is 2.37. The Hall–Kier alpha value is -2.51. The fourth-order valence-electron chi connectivity index (χ4n) is 5.47. The number of piperidine rings is 1. The maximum atomic E-state index is 13.2. The molecule has 0 radical (unpaired) electrons. The monoisotopic (exact) mass is 422 g/mol. The Balaban J connectivity index is 1.32. The third kappa shape index (κ3) is 4.04. The maximum absolute atomic E-state index is 13.2. The quantitative estimate of drug-likeness (QED) is 0.804. The van der Waals surface area contributed by atoms with Gasteiger partial charge in [0.1, 0.15) is 0 Å². The molecule has 2 fully saturated rings. The second-order valence-electron chi connectivity index (χ2n) is 9.42. The Morgan fingerprint density at radius 2 is 2.06 bits per heavy atom. The number of carbonyl (C=O) groups excluding carboxylic acids is 1. The fourth-order valence-corrected chi connectivity index (χ4v) is 5.47. The number of hydrogen-bond donors (Lipinski definition) is 1. The average molecular weight is 423 g/mol. The molecule has 0 unspecified atom stereocenters. The van der Waals surface area contributed by atoms with Gasteiger partial charge in [-0.1, -0.05) is 12.1 Å². The van der Waals surface area contributed by atoms with Crippen molar-refractivity contribution < 1.29 is 9.90 Å². The Bertz CT molecular complexity index is 1050. The average Bonchev–Trinajstić information content (AvgIpc) is 3.16. The molecule has 0 spiro atoms. The number of likely N-dealkylation sites (tertiary alicyclic amines) is 2. The molecule has 1 amide bonds. The summed E-state index contributed by atoms with van der Waals surface area (Å²) in [5.41, 5.74) is 3.84. The largest absolute Gasteiger partial charge is 0.392 e. The molecule has 3 aliphatic rings. The summed E-state index contributed by atoms with van der Waals surface area (Å²) in [6, 6.07) is 7.92. The second kappa shape index (κ2) is 8.20. The number of carbonyl (C=O) groups is 1. The highest BCUT2D eigenvalue weighted by molar-refractivity contribution is 5.79. The molecular formula is C24H30N4O3. The first-order chi connectivity index (χ1) is 15.0. The number of rotatable bonds is 4. The summed E-state index contributed by atoms with van der Waals surface area (Å²) < 4.78 is 1.95. The summed E-state index contributed by atoms with van der Waals surface area (Å²) in [7, 11) is 0. The van der Waals surface area contributed by atoms with Crippen molar-refractivity contribution in [3.63, 3.8) is 0 Å². The molecule has 2 saturated heterocycles. The van der Waals surface area contributed by atoms with Gasteiger partial charge in [-0.2, -0.15) is 0 Å². The van der Waals surface area contributed by atoms with Crippen molar-refractivity contribution in [2.24, 2.45) is 5.92 Å². The van der Waals surface area contributed by atoms with E-state index < -0.39 is 0 Å². The zero-order chi connectivity index (χ0) is 21.5. The van der Waals surface area contributed by atoms with Crippen LogP contribution in [-0.2, 0) is 24.3 Å². The molecule has 0 aliphatic carbocycles. The van der Waals surface area contributed by atoms with Crippen molar-refractivity contribution in [2.75, 3.05) is 26.2 Å². The fraction of sp³-hybridized carbons (Fsp3) is 0.542. The van der Waals surface area contributed by atoms with Gasteiger partial charge in [-0.15, -0.1) is 0 Å². The number of hydrogen-bond acceptors (Lipinski definition) is 5. The first-order valence-electron chi connectivity index (χ1n) is 11.3. The number of fused-ring (bicyclic) bond motifs is 4. The summed E-state index contributed by atoms with van der Waals surface area (Å²) >= 11 is 0. The van der Waals surface area contributed by atoms with Gasteiger partial charge >= 0.3 is 0 Å². The van der Waals surface area contributed by atoms with E-state index in [2.05, 4.69) is 16.0 Å². The van der Waals surface area contributed by atoms with E-state index >= 15 is 0 Å². The van der Waals surface area contributed by atoms with E-state index in [0.717, 1.165) is 41.9 Å². The van der Waals surface area contributed by atoms with Crippen LogP contribution in [0.1, 0.15) is 41.3 Å². The number of aromatic nitrogens is 2. The summed E-state index contributed by atoms with van der Waals surface area (Å²) in [5.74, 6) is 0.634. The smallest absolute Gasteiger partial charge is 0.255 e. The standard InChI is InChI=1S/C24H30N4O3/c1-16-3-2-7-25-21(16)10-23(30)27-11-17-9-19(14-27)22-5-4-18(24(31)28(22)12-17)13-26-8-6-20(29)15-26/h2-5,7,17,19-20,29H,6,8-15H2,1H3/t17-,19+,20-/m0/s1. The van der Waals surface area contributed by atoms with Gasteiger partial charge in [0.25, 0.3) is 5.56 Å². The van der Waals surface area contributed by atoms with Crippen LogP contribution in [-0.4, -0.2) is 62.6 Å². The molecule has 0 saturated carbocycles. The molecule has 3 aliphatic heterocycles. The van der Waals surface area contributed by atoms with Crippen LogP contribution in [0.25, 0.3) is 0 Å². The van der Waals surface area contributed by atoms with E-state index in [-0.39, 0.29) is 23.5 Å². The van der Waals surface area contributed by atoms with Crippen molar-refractivity contribution >= 4 is 5.91 Å². The van der Waals surface area contributed by atoms with Gasteiger partial charge in [-0.25, -0.2) is 0 Å². The molecule has 31 heavy (non-hydrogen) atoms. The molecule has 2 bridgehead atoms. The Morgan fingerprint density at radius 3 is 2.84 bits per heavy atom. The topological polar surface area (TPSA) is 78.7 Å². The lowest BCUT2D eigenvalue weighted by Crippen LogP contribution is -2.50. The SMILES string of the molecule is Cc1cccnc1CC(=O)N1C[C@@H]2C[C@H](C1)c1ccc(CN3CC[C@H](O)C3)c(=O)n1C2. The second-order valence-corrected chi connectivity index (χ2v) is 9.42. The number of aryl methyl sites for hydroxylation is 1. The van der Waals surface area contributed by atoms with Gasteiger partial charge in [0.2, 0.25) is 5.91 Å². The van der Waals surface area contributed by atoms with E-state index in [1.165, 1.54) is 0 Å². The van der Waals surface area contributed by atoms with Crippen molar-refractivity contribution in [2.45, 2.75) is 51.3 Å². The van der Waals surface area contributed by atoms with Gasteiger partial charge in [-0.05, 0) is 43.4 Å². The number of aliphatic hydroxyl groups excluding tert-OH is 1. The molecule has 0 aromatic carbocycles. The molecule has 3 atom stereocenters. The predicted molar refractivity (Wildman–Crippen MR) is 117 cm³/mol.